The smallest absolute Gasteiger partial charge is 0.316 e. The van der Waals surface area contributed by atoms with Crippen LogP contribution < -0.4 is 10.2 Å². The summed E-state index contributed by atoms with van der Waals surface area (Å²) in [5, 5.41) is 15.2. The summed E-state index contributed by atoms with van der Waals surface area (Å²) in [6.07, 6.45) is 1.63. The Morgan fingerprint density at radius 2 is 1.83 bits per heavy atom. The van der Waals surface area contributed by atoms with E-state index in [1.807, 2.05) is 31.1 Å². The Balaban J connectivity index is 1.48. The molecule has 0 aliphatic carbocycles. The monoisotopic (exact) mass is 409 g/mol. The van der Waals surface area contributed by atoms with Gasteiger partial charge in [-0.05, 0) is 48.5 Å². The molecule has 0 radical (unpaired) electrons. The van der Waals surface area contributed by atoms with E-state index >= 15 is 0 Å². The normalized spacial score (nSPS) is 10.7. The maximum absolute atomic E-state index is 12.4. The van der Waals surface area contributed by atoms with Crippen molar-refractivity contribution in [3.05, 3.63) is 65.6 Å². The molecule has 0 saturated heterocycles. The van der Waals surface area contributed by atoms with Gasteiger partial charge in [-0.15, -0.1) is 5.10 Å². The Morgan fingerprint density at radius 1 is 1.10 bits per heavy atom. The van der Waals surface area contributed by atoms with Crippen molar-refractivity contribution in [1.82, 2.24) is 25.1 Å². The third kappa shape index (κ3) is 4.09. The van der Waals surface area contributed by atoms with E-state index in [1.54, 1.807) is 47.3 Å². The molecule has 4 aromatic rings. The SMILES string of the molecule is CN(C)c1ccc(NC(=O)c2nc(-c3cn(-c4ccc(Cl)cc4)nn3)no2)cc1. The highest BCUT2D eigenvalue weighted by Crippen LogP contribution is 2.18. The van der Waals surface area contributed by atoms with Gasteiger partial charge < -0.3 is 14.7 Å². The molecule has 0 aliphatic heterocycles. The Labute approximate surface area is 170 Å². The number of halogens is 1. The highest BCUT2D eigenvalue weighted by Gasteiger charge is 2.18. The van der Waals surface area contributed by atoms with Crippen LogP contribution in [-0.4, -0.2) is 45.1 Å². The summed E-state index contributed by atoms with van der Waals surface area (Å²) in [6, 6.07) is 14.5. The second-order valence-electron chi connectivity index (χ2n) is 6.34. The molecule has 2 heterocycles. The van der Waals surface area contributed by atoms with Gasteiger partial charge in [0, 0.05) is 30.5 Å². The van der Waals surface area contributed by atoms with Crippen molar-refractivity contribution in [3.63, 3.8) is 0 Å². The number of hydrogen-bond acceptors (Lipinski definition) is 7. The Kier molecular flexibility index (Phi) is 4.96. The molecule has 1 amide bonds. The number of nitrogens with zero attached hydrogens (tertiary/aromatic N) is 6. The highest BCUT2D eigenvalue weighted by atomic mass is 35.5. The van der Waals surface area contributed by atoms with E-state index < -0.39 is 5.91 Å². The van der Waals surface area contributed by atoms with Gasteiger partial charge in [0.2, 0.25) is 5.82 Å². The molecule has 0 saturated carbocycles. The van der Waals surface area contributed by atoms with Crippen LogP contribution in [0.25, 0.3) is 17.2 Å². The van der Waals surface area contributed by atoms with Crippen molar-refractivity contribution in [3.8, 4) is 17.2 Å². The van der Waals surface area contributed by atoms with E-state index in [0.29, 0.717) is 16.4 Å². The van der Waals surface area contributed by atoms with Crippen molar-refractivity contribution in [1.29, 1.82) is 0 Å². The molecule has 10 heteroatoms. The molecule has 4 rings (SSSR count). The van der Waals surface area contributed by atoms with E-state index in [2.05, 4.69) is 25.8 Å². The molecule has 1 N–H and O–H groups in total. The van der Waals surface area contributed by atoms with Crippen molar-refractivity contribution in [2.24, 2.45) is 0 Å². The van der Waals surface area contributed by atoms with Crippen LogP contribution in [0, 0.1) is 0 Å². The first-order valence-corrected chi connectivity index (χ1v) is 8.98. The molecule has 0 bridgehead atoms. The summed E-state index contributed by atoms with van der Waals surface area (Å²) in [6.45, 7) is 0. The minimum Gasteiger partial charge on any atom is -0.378 e. The molecule has 0 aliphatic rings. The van der Waals surface area contributed by atoms with Crippen LogP contribution in [0.1, 0.15) is 10.7 Å². The first kappa shape index (κ1) is 18.6. The van der Waals surface area contributed by atoms with Crippen LogP contribution in [-0.2, 0) is 0 Å². The summed E-state index contributed by atoms with van der Waals surface area (Å²) in [7, 11) is 3.88. The van der Waals surface area contributed by atoms with E-state index in [4.69, 9.17) is 16.1 Å². The summed E-state index contributed by atoms with van der Waals surface area (Å²) >= 11 is 5.89. The fourth-order valence-corrected chi connectivity index (χ4v) is 2.66. The lowest BCUT2D eigenvalue weighted by molar-refractivity contribution is 0.0981. The number of aromatic nitrogens is 5. The molecule has 2 aromatic heterocycles. The average molecular weight is 410 g/mol. The minimum absolute atomic E-state index is 0.165. The molecule has 0 unspecified atom stereocenters. The second-order valence-corrected chi connectivity index (χ2v) is 6.78. The van der Waals surface area contributed by atoms with Gasteiger partial charge in [0.15, 0.2) is 5.69 Å². The fraction of sp³-hybridized carbons (Fsp3) is 0.105. The van der Waals surface area contributed by atoms with Crippen molar-refractivity contribution >= 4 is 28.9 Å². The number of anilines is 2. The standard InChI is InChI=1S/C19H16ClN7O2/c1-26(2)14-9-5-13(6-10-14)21-18(28)19-22-17(24-29-19)16-11-27(25-23-16)15-7-3-12(20)4-8-15/h3-11H,1-2H3,(H,21,28). The van der Waals surface area contributed by atoms with Crippen molar-refractivity contribution < 1.29 is 9.32 Å². The topological polar surface area (TPSA) is 102 Å². The fourth-order valence-electron chi connectivity index (χ4n) is 2.53. The summed E-state index contributed by atoms with van der Waals surface area (Å²) in [5.41, 5.74) is 2.79. The van der Waals surface area contributed by atoms with Gasteiger partial charge in [0.05, 0.1) is 11.9 Å². The zero-order valence-electron chi connectivity index (χ0n) is 15.6. The van der Waals surface area contributed by atoms with Crippen molar-refractivity contribution in [2.75, 3.05) is 24.3 Å². The molecule has 29 heavy (non-hydrogen) atoms. The number of nitrogens with one attached hydrogen (secondary N) is 1. The Bertz CT molecular complexity index is 1130. The number of hydrogen-bond donors (Lipinski definition) is 1. The molecule has 0 fully saturated rings. The maximum Gasteiger partial charge on any atom is 0.316 e. The first-order chi connectivity index (χ1) is 14.0. The van der Waals surface area contributed by atoms with Crippen LogP contribution in [0.15, 0.2) is 59.3 Å². The molecule has 0 spiro atoms. The van der Waals surface area contributed by atoms with Crippen LogP contribution in [0.5, 0.6) is 0 Å². The van der Waals surface area contributed by atoms with Gasteiger partial charge in [-0.2, -0.15) is 4.98 Å². The highest BCUT2D eigenvalue weighted by molar-refractivity contribution is 6.30. The van der Waals surface area contributed by atoms with E-state index in [9.17, 15) is 4.79 Å². The van der Waals surface area contributed by atoms with Gasteiger partial charge in [-0.25, -0.2) is 4.68 Å². The minimum atomic E-state index is -0.508. The van der Waals surface area contributed by atoms with Crippen LogP contribution in [0.4, 0.5) is 11.4 Å². The molecule has 2 aromatic carbocycles. The van der Waals surface area contributed by atoms with Gasteiger partial charge in [-0.3, -0.25) is 4.79 Å². The van der Waals surface area contributed by atoms with E-state index in [1.165, 1.54) is 0 Å². The Morgan fingerprint density at radius 3 is 2.52 bits per heavy atom. The molecular weight excluding hydrogens is 394 g/mol. The number of rotatable bonds is 5. The third-order valence-electron chi connectivity index (χ3n) is 4.08. The second kappa shape index (κ2) is 7.72. The van der Waals surface area contributed by atoms with Gasteiger partial charge >= 0.3 is 11.8 Å². The lowest BCUT2D eigenvalue weighted by atomic mass is 10.2. The van der Waals surface area contributed by atoms with Gasteiger partial charge in [-0.1, -0.05) is 22.0 Å². The number of amides is 1. The number of carbonyl (C=O) groups excluding carboxylic acids is 1. The summed E-state index contributed by atoms with van der Waals surface area (Å²) in [5.74, 6) is -0.512. The zero-order chi connectivity index (χ0) is 20.4. The summed E-state index contributed by atoms with van der Waals surface area (Å²) < 4.78 is 6.62. The molecule has 146 valence electrons. The molecule has 0 atom stereocenters. The predicted molar refractivity (Wildman–Crippen MR) is 108 cm³/mol. The number of benzene rings is 2. The predicted octanol–water partition coefficient (Wildman–Crippen LogP) is 3.29. The lowest BCUT2D eigenvalue weighted by Crippen LogP contribution is -2.13. The van der Waals surface area contributed by atoms with Crippen molar-refractivity contribution in [2.45, 2.75) is 0 Å². The third-order valence-corrected chi connectivity index (χ3v) is 4.33. The number of carbonyl (C=O) groups is 1. The van der Waals surface area contributed by atoms with Gasteiger partial charge in [0.25, 0.3) is 0 Å². The maximum atomic E-state index is 12.4. The first-order valence-electron chi connectivity index (χ1n) is 8.61. The summed E-state index contributed by atoms with van der Waals surface area (Å²) in [4.78, 5) is 18.4. The molecular formula is C19H16ClN7O2. The van der Waals surface area contributed by atoms with E-state index in [-0.39, 0.29) is 11.7 Å². The lowest BCUT2D eigenvalue weighted by Gasteiger charge is -2.12. The molecule has 9 nitrogen and oxygen atoms in total. The van der Waals surface area contributed by atoms with Gasteiger partial charge in [0.1, 0.15) is 0 Å². The Hall–Kier alpha value is -3.72. The van der Waals surface area contributed by atoms with Crippen LogP contribution in [0.2, 0.25) is 5.02 Å². The largest absolute Gasteiger partial charge is 0.378 e. The average Bonchev–Trinajstić information content (AvgIpc) is 3.39. The van der Waals surface area contributed by atoms with Crippen LogP contribution in [0.3, 0.4) is 0 Å². The van der Waals surface area contributed by atoms with E-state index in [0.717, 1.165) is 11.4 Å². The quantitative estimate of drug-likeness (QED) is 0.539. The zero-order valence-corrected chi connectivity index (χ0v) is 16.3. The van der Waals surface area contributed by atoms with Crippen LogP contribution >= 0.6 is 11.6 Å².